The average molecular weight is 269 g/mol. The number of halogens is 2. The molecule has 1 aromatic carbocycles. The molecule has 0 aromatic heterocycles. The van der Waals surface area contributed by atoms with E-state index in [1.807, 2.05) is 0 Å². The zero-order valence-corrected chi connectivity index (χ0v) is 9.94. The zero-order chi connectivity index (χ0) is 10.8. The second-order valence-electron chi connectivity index (χ2n) is 2.72. The van der Waals surface area contributed by atoms with Crippen molar-refractivity contribution < 1.29 is 8.42 Å². The highest BCUT2D eigenvalue weighted by Crippen LogP contribution is 2.24. The van der Waals surface area contributed by atoms with Crippen LogP contribution in [0.4, 0.5) is 0 Å². The van der Waals surface area contributed by atoms with Crippen LogP contribution in [0.15, 0.2) is 30.3 Å². The van der Waals surface area contributed by atoms with Crippen LogP contribution in [0.1, 0.15) is 10.8 Å². The van der Waals surface area contributed by atoms with Crippen molar-refractivity contribution in [1.29, 1.82) is 5.41 Å². The molecular formula is C8H10Cl2N2O2S. The zero-order valence-electron chi connectivity index (χ0n) is 7.55. The van der Waals surface area contributed by atoms with Gasteiger partial charge in [0.2, 0.25) is 9.05 Å². The standard InChI is InChI=1S/C8H9ClN2O2S.ClH/c9-14(12,13)7(8(10)11)6-4-2-1-3-5-6;/h1-5,7H,(H3,10,11);1H. The van der Waals surface area contributed by atoms with Crippen LogP contribution in [0, 0.1) is 5.41 Å². The van der Waals surface area contributed by atoms with Gasteiger partial charge < -0.3 is 5.73 Å². The number of benzene rings is 1. The summed E-state index contributed by atoms with van der Waals surface area (Å²) in [6.45, 7) is 0. The van der Waals surface area contributed by atoms with Crippen molar-refractivity contribution in [3.8, 4) is 0 Å². The van der Waals surface area contributed by atoms with E-state index >= 15 is 0 Å². The van der Waals surface area contributed by atoms with Crippen molar-refractivity contribution >= 4 is 38.0 Å². The van der Waals surface area contributed by atoms with E-state index in [4.69, 9.17) is 21.8 Å². The molecule has 1 atom stereocenters. The third kappa shape index (κ3) is 3.70. The predicted octanol–water partition coefficient (Wildman–Crippen LogP) is 1.65. The third-order valence-corrected chi connectivity index (χ3v) is 3.29. The first-order valence-corrected chi connectivity index (χ1v) is 6.12. The van der Waals surface area contributed by atoms with Gasteiger partial charge in [-0.2, -0.15) is 0 Å². The van der Waals surface area contributed by atoms with Gasteiger partial charge in [-0.3, -0.25) is 5.41 Å². The number of nitrogens with two attached hydrogens (primary N) is 1. The van der Waals surface area contributed by atoms with Crippen LogP contribution in [-0.2, 0) is 9.05 Å². The average Bonchev–Trinajstić information content (AvgIpc) is 2.02. The van der Waals surface area contributed by atoms with Gasteiger partial charge >= 0.3 is 0 Å². The second-order valence-corrected chi connectivity index (χ2v) is 5.43. The smallest absolute Gasteiger partial charge is 0.246 e. The highest BCUT2D eigenvalue weighted by molar-refractivity contribution is 8.14. The molecule has 0 saturated heterocycles. The van der Waals surface area contributed by atoms with Crippen molar-refractivity contribution in [2.45, 2.75) is 5.25 Å². The van der Waals surface area contributed by atoms with E-state index in [9.17, 15) is 8.42 Å². The maximum absolute atomic E-state index is 11.1. The van der Waals surface area contributed by atoms with Crippen LogP contribution in [0.3, 0.4) is 0 Å². The lowest BCUT2D eigenvalue weighted by Gasteiger charge is -2.11. The number of nitrogens with one attached hydrogen (secondary N) is 1. The molecule has 15 heavy (non-hydrogen) atoms. The number of hydrogen-bond donors (Lipinski definition) is 2. The Morgan fingerprint density at radius 3 is 2.13 bits per heavy atom. The number of rotatable bonds is 3. The van der Waals surface area contributed by atoms with Crippen LogP contribution >= 0.6 is 23.1 Å². The first kappa shape index (κ1) is 14.2. The van der Waals surface area contributed by atoms with Crippen molar-refractivity contribution in [2.24, 2.45) is 5.73 Å². The first-order valence-electron chi connectivity index (χ1n) is 3.75. The van der Waals surface area contributed by atoms with Gasteiger partial charge in [0.1, 0.15) is 5.84 Å². The molecule has 1 aromatic rings. The van der Waals surface area contributed by atoms with Crippen LogP contribution in [0.5, 0.6) is 0 Å². The largest absolute Gasteiger partial charge is 0.386 e. The first-order chi connectivity index (χ1) is 6.43. The van der Waals surface area contributed by atoms with E-state index < -0.39 is 20.1 Å². The van der Waals surface area contributed by atoms with Gasteiger partial charge in [-0.1, -0.05) is 30.3 Å². The second kappa shape index (κ2) is 5.34. The molecule has 3 N–H and O–H groups in total. The summed E-state index contributed by atoms with van der Waals surface area (Å²) in [6, 6.07) is 8.18. The predicted molar refractivity (Wildman–Crippen MR) is 63.1 cm³/mol. The fraction of sp³-hybridized carbons (Fsp3) is 0.125. The van der Waals surface area contributed by atoms with Gasteiger partial charge in [-0.25, -0.2) is 8.42 Å². The Hall–Kier alpha value is -0.780. The summed E-state index contributed by atoms with van der Waals surface area (Å²) >= 11 is 0. The van der Waals surface area contributed by atoms with Crippen molar-refractivity contribution in [1.82, 2.24) is 0 Å². The summed E-state index contributed by atoms with van der Waals surface area (Å²) in [7, 11) is 1.29. The minimum atomic E-state index is -3.89. The maximum atomic E-state index is 11.1. The Bertz CT molecular complexity index is 433. The Morgan fingerprint density at radius 1 is 1.33 bits per heavy atom. The van der Waals surface area contributed by atoms with E-state index in [2.05, 4.69) is 0 Å². The molecule has 0 fully saturated rings. The molecule has 0 aliphatic heterocycles. The molecular weight excluding hydrogens is 259 g/mol. The fourth-order valence-electron chi connectivity index (χ4n) is 1.12. The van der Waals surface area contributed by atoms with E-state index in [0.717, 1.165) is 0 Å². The normalized spacial score (nSPS) is 12.6. The quantitative estimate of drug-likeness (QED) is 0.497. The lowest BCUT2D eigenvalue weighted by Crippen LogP contribution is -2.25. The topological polar surface area (TPSA) is 84.0 Å². The highest BCUT2D eigenvalue weighted by atomic mass is 35.7. The number of amidine groups is 1. The molecule has 4 nitrogen and oxygen atoms in total. The summed E-state index contributed by atoms with van der Waals surface area (Å²) in [5.41, 5.74) is 5.57. The van der Waals surface area contributed by atoms with Crippen LogP contribution in [-0.4, -0.2) is 14.3 Å². The molecule has 0 aliphatic rings. The number of hydrogen-bond acceptors (Lipinski definition) is 3. The van der Waals surface area contributed by atoms with E-state index in [1.165, 1.54) is 0 Å². The Morgan fingerprint density at radius 2 is 1.80 bits per heavy atom. The summed E-state index contributed by atoms with van der Waals surface area (Å²) in [4.78, 5) is 0. The van der Waals surface area contributed by atoms with Crippen molar-refractivity contribution in [3.63, 3.8) is 0 Å². The molecule has 0 radical (unpaired) electrons. The minimum Gasteiger partial charge on any atom is -0.386 e. The Balaban J connectivity index is 0.00000196. The monoisotopic (exact) mass is 268 g/mol. The molecule has 0 bridgehead atoms. The van der Waals surface area contributed by atoms with E-state index in [-0.39, 0.29) is 12.4 Å². The van der Waals surface area contributed by atoms with Gasteiger partial charge in [0.25, 0.3) is 0 Å². The van der Waals surface area contributed by atoms with Gasteiger partial charge in [0, 0.05) is 10.7 Å². The lowest BCUT2D eigenvalue weighted by atomic mass is 10.1. The molecule has 0 spiro atoms. The van der Waals surface area contributed by atoms with Gasteiger partial charge in [-0.15, -0.1) is 12.4 Å². The minimum absolute atomic E-state index is 0. The molecule has 0 aliphatic carbocycles. The van der Waals surface area contributed by atoms with Crippen LogP contribution in [0.2, 0.25) is 0 Å². The lowest BCUT2D eigenvalue weighted by molar-refractivity contribution is 0.606. The molecule has 1 rings (SSSR count). The van der Waals surface area contributed by atoms with Crippen LogP contribution in [0.25, 0.3) is 0 Å². The summed E-state index contributed by atoms with van der Waals surface area (Å²) in [5, 5.41) is 5.90. The molecule has 0 saturated carbocycles. The van der Waals surface area contributed by atoms with Crippen LogP contribution < -0.4 is 5.73 Å². The van der Waals surface area contributed by atoms with Gasteiger partial charge in [0.15, 0.2) is 5.25 Å². The molecule has 84 valence electrons. The Labute approximate surface area is 98.8 Å². The molecule has 0 amide bonds. The molecule has 7 heteroatoms. The summed E-state index contributed by atoms with van der Waals surface area (Å²) in [6.07, 6.45) is 0. The summed E-state index contributed by atoms with van der Waals surface area (Å²) < 4.78 is 22.2. The van der Waals surface area contributed by atoms with Gasteiger partial charge in [-0.05, 0) is 5.56 Å². The highest BCUT2D eigenvalue weighted by Gasteiger charge is 2.27. The summed E-state index contributed by atoms with van der Waals surface area (Å²) in [5.74, 6) is -0.480. The maximum Gasteiger partial charge on any atom is 0.246 e. The van der Waals surface area contributed by atoms with E-state index in [1.54, 1.807) is 30.3 Å². The Kier molecular flexibility index (Phi) is 5.07. The third-order valence-electron chi connectivity index (χ3n) is 1.67. The van der Waals surface area contributed by atoms with E-state index in [0.29, 0.717) is 5.56 Å². The SMILES string of the molecule is Cl.N=C(N)C(c1ccccc1)S(=O)(=O)Cl. The van der Waals surface area contributed by atoms with Gasteiger partial charge in [0.05, 0.1) is 0 Å². The molecule has 0 heterocycles. The fourth-order valence-corrected chi connectivity index (χ4v) is 2.50. The van der Waals surface area contributed by atoms with Crippen molar-refractivity contribution in [2.75, 3.05) is 0 Å². The molecule has 1 unspecified atom stereocenters. The van der Waals surface area contributed by atoms with Crippen molar-refractivity contribution in [3.05, 3.63) is 35.9 Å².